The summed E-state index contributed by atoms with van der Waals surface area (Å²) in [7, 11) is 0. The summed E-state index contributed by atoms with van der Waals surface area (Å²) in [4.78, 5) is 0. The highest BCUT2D eigenvalue weighted by Gasteiger charge is 2.17. The van der Waals surface area contributed by atoms with Gasteiger partial charge < -0.3 is 5.32 Å². The summed E-state index contributed by atoms with van der Waals surface area (Å²) < 4.78 is 26.4. The summed E-state index contributed by atoms with van der Waals surface area (Å²) in [5.41, 5.74) is 0.480. The molecule has 94 valence electrons. The van der Waals surface area contributed by atoms with Gasteiger partial charge in [-0.15, -0.1) is 0 Å². The van der Waals surface area contributed by atoms with E-state index in [2.05, 4.69) is 12.2 Å². The minimum atomic E-state index is -0.361. The van der Waals surface area contributed by atoms with Crippen LogP contribution in [0.2, 0.25) is 0 Å². The van der Waals surface area contributed by atoms with Crippen molar-refractivity contribution in [2.45, 2.75) is 38.6 Å². The van der Waals surface area contributed by atoms with Gasteiger partial charge in [0.2, 0.25) is 0 Å². The van der Waals surface area contributed by atoms with E-state index in [9.17, 15) is 8.78 Å². The Kier molecular flexibility index (Phi) is 4.11. The quantitative estimate of drug-likeness (QED) is 0.831. The lowest BCUT2D eigenvalue weighted by Gasteiger charge is -2.28. The molecule has 1 unspecified atom stereocenters. The smallest absolute Gasteiger partial charge is 0.126 e. The first kappa shape index (κ1) is 12.5. The summed E-state index contributed by atoms with van der Waals surface area (Å²) in [5, 5.41) is 3.46. The standard InChI is InChI=1S/C14H19F2N/c1-10(9-17-13-3-2-4-13)7-11-8-12(15)5-6-14(11)16/h5-6,8,10,13,17H,2-4,7,9H2,1H3. The molecule has 0 amide bonds. The van der Waals surface area contributed by atoms with E-state index in [1.807, 2.05) is 0 Å². The summed E-state index contributed by atoms with van der Waals surface area (Å²) in [5.74, 6) is -0.339. The van der Waals surface area contributed by atoms with Crippen molar-refractivity contribution < 1.29 is 8.78 Å². The van der Waals surface area contributed by atoms with Crippen molar-refractivity contribution in [1.29, 1.82) is 0 Å². The molecule has 17 heavy (non-hydrogen) atoms. The predicted octanol–water partition coefficient (Wildman–Crippen LogP) is 3.29. The molecule has 1 aliphatic carbocycles. The van der Waals surface area contributed by atoms with Gasteiger partial charge in [-0.25, -0.2) is 8.78 Å². The predicted molar refractivity (Wildman–Crippen MR) is 64.9 cm³/mol. The molecule has 0 spiro atoms. The van der Waals surface area contributed by atoms with Crippen LogP contribution in [0, 0.1) is 17.6 Å². The average Bonchev–Trinajstić information content (AvgIpc) is 2.21. The highest BCUT2D eigenvalue weighted by Crippen LogP contribution is 2.19. The average molecular weight is 239 g/mol. The molecule has 0 aliphatic heterocycles. The molecule has 1 saturated carbocycles. The van der Waals surface area contributed by atoms with Crippen LogP contribution in [0.3, 0.4) is 0 Å². The first-order valence-corrected chi connectivity index (χ1v) is 6.32. The van der Waals surface area contributed by atoms with Gasteiger partial charge in [-0.1, -0.05) is 13.3 Å². The van der Waals surface area contributed by atoms with Crippen LogP contribution in [0.15, 0.2) is 18.2 Å². The number of benzene rings is 1. The highest BCUT2D eigenvalue weighted by molar-refractivity contribution is 5.19. The monoisotopic (exact) mass is 239 g/mol. The van der Waals surface area contributed by atoms with Gasteiger partial charge in [-0.05, 0) is 55.5 Å². The van der Waals surface area contributed by atoms with Crippen LogP contribution < -0.4 is 5.32 Å². The van der Waals surface area contributed by atoms with Crippen LogP contribution >= 0.6 is 0 Å². The summed E-state index contributed by atoms with van der Waals surface area (Å²) >= 11 is 0. The van der Waals surface area contributed by atoms with E-state index in [1.54, 1.807) is 0 Å². The third-order valence-corrected chi connectivity index (χ3v) is 3.44. The molecule has 3 heteroatoms. The fourth-order valence-electron chi connectivity index (χ4n) is 2.13. The number of nitrogens with one attached hydrogen (secondary N) is 1. The van der Waals surface area contributed by atoms with Gasteiger partial charge in [0.05, 0.1) is 0 Å². The number of halogens is 2. The second-order valence-electron chi connectivity index (χ2n) is 5.08. The van der Waals surface area contributed by atoms with E-state index in [-0.39, 0.29) is 11.6 Å². The van der Waals surface area contributed by atoms with Crippen molar-refractivity contribution >= 4 is 0 Å². The number of hydrogen-bond donors (Lipinski definition) is 1. The van der Waals surface area contributed by atoms with Gasteiger partial charge in [0, 0.05) is 6.04 Å². The fourth-order valence-corrected chi connectivity index (χ4v) is 2.13. The SMILES string of the molecule is CC(CNC1CCC1)Cc1cc(F)ccc1F. The van der Waals surface area contributed by atoms with E-state index < -0.39 is 0 Å². The molecule has 1 nitrogen and oxygen atoms in total. The van der Waals surface area contributed by atoms with Gasteiger partial charge in [0.15, 0.2) is 0 Å². The molecule has 1 fully saturated rings. The molecule has 0 saturated heterocycles. The molecule has 1 aromatic carbocycles. The van der Waals surface area contributed by atoms with E-state index in [1.165, 1.54) is 31.4 Å². The summed E-state index contributed by atoms with van der Waals surface area (Å²) in [6.07, 6.45) is 4.40. The molecular weight excluding hydrogens is 220 g/mol. The Hall–Kier alpha value is -0.960. The van der Waals surface area contributed by atoms with Crippen LogP contribution in [-0.4, -0.2) is 12.6 Å². The lowest BCUT2D eigenvalue weighted by Crippen LogP contribution is -2.38. The Labute approximate surface area is 101 Å². The highest BCUT2D eigenvalue weighted by atomic mass is 19.1. The minimum Gasteiger partial charge on any atom is -0.314 e. The Bertz CT molecular complexity index is 374. The normalized spacial score (nSPS) is 17.8. The van der Waals surface area contributed by atoms with Crippen molar-refractivity contribution in [3.8, 4) is 0 Å². The van der Waals surface area contributed by atoms with Crippen molar-refractivity contribution in [3.63, 3.8) is 0 Å². The van der Waals surface area contributed by atoms with Gasteiger partial charge >= 0.3 is 0 Å². The molecule has 0 radical (unpaired) electrons. The maximum absolute atomic E-state index is 13.4. The van der Waals surface area contributed by atoms with Crippen LogP contribution in [0.5, 0.6) is 0 Å². The maximum Gasteiger partial charge on any atom is 0.126 e. The van der Waals surface area contributed by atoms with Crippen molar-refractivity contribution in [2.75, 3.05) is 6.54 Å². The van der Waals surface area contributed by atoms with E-state index in [0.717, 1.165) is 12.6 Å². The molecule has 0 aromatic heterocycles. The lowest BCUT2D eigenvalue weighted by molar-refractivity contribution is 0.320. The molecule has 0 bridgehead atoms. The first-order chi connectivity index (χ1) is 8.15. The zero-order valence-electron chi connectivity index (χ0n) is 10.2. The summed E-state index contributed by atoms with van der Waals surface area (Å²) in [6.45, 7) is 2.94. The van der Waals surface area contributed by atoms with Crippen molar-refractivity contribution in [3.05, 3.63) is 35.4 Å². The Morgan fingerprint density at radius 3 is 2.76 bits per heavy atom. The molecule has 1 aromatic rings. The van der Waals surface area contributed by atoms with E-state index in [4.69, 9.17) is 0 Å². The number of rotatable bonds is 5. The third kappa shape index (κ3) is 3.50. The van der Waals surface area contributed by atoms with Crippen LogP contribution in [-0.2, 0) is 6.42 Å². The molecule has 1 N–H and O–H groups in total. The first-order valence-electron chi connectivity index (χ1n) is 6.32. The molecule has 0 heterocycles. The van der Waals surface area contributed by atoms with Crippen LogP contribution in [0.25, 0.3) is 0 Å². The van der Waals surface area contributed by atoms with Gasteiger partial charge in [0.1, 0.15) is 11.6 Å². The molecular formula is C14H19F2N. The molecule has 1 atom stereocenters. The zero-order chi connectivity index (χ0) is 12.3. The van der Waals surface area contributed by atoms with E-state index >= 15 is 0 Å². The Balaban J connectivity index is 1.83. The van der Waals surface area contributed by atoms with E-state index in [0.29, 0.717) is 23.9 Å². The minimum absolute atomic E-state index is 0.304. The fraction of sp³-hybridized carbons (Fsp3) is 0.571. The largest absolute Gasteiger partial charge is 0.314 e. The van der Waals surface area contributed by atoms with Crippen molar-refractivity contribution in [2.24, 2.45) is 5.92 Å². The Morgan fingerprint density at radius 1 is 1.35 bits per heavy atom. The van der Waals surface area contributed by atoms with Gasteiger partial charge in [-0.2, -0.15) is 0 Å². The Morgan fingerprint density at radius 2 is 2.12 bits per heavy atom. The van der Waals surface area contributed by atoms with Gasteiger partial charge in [-0.3, -0.25) is 0 Å². The second-order valence-corrected chi connectivity index (χ2v) is 5.08. The topological polar surface area (TPSA) is 12.0 Å². The third-order valence-electron chi connectivity index (χ3n) is 3.44. The van der Waals surface area contributed by atoms with Gasteiger partial charge in [0.25, 0.3) is 0 Å². The second kappa shape index (κ2) is 5.58. The number of hydrogen-bond acceptors (Lipinski definition) is 1. The lowest BCUT2D eigenvalue weighted by atomic mass is 9.92. The molecule has 2 rings (SSSR count). The zero-order valence-corrected chi connectivity index (χ0v) is 10.2. The van der Waals surface area contributed by atoms with Crippen molar-refractivity contribution in [1.82, 2.24) is 5.32 Å². The summed E-state index contributed by atoms with van der Waals surface area (Å²) in [6, 6.07) is 4.32. The maximum atomic E-state index is 13.4. The van der Waals surface area contributed by atoms with Crippen LogP contribution in [0.1, 0.15) is 31.7 Å². The molecule has 1 aliphatic rings. The van der Waals surface area contributed by atoms with Crippen LogP contribution in [0.4, 0.5) is 8.78 Å².